The first kappa shape index (κ1) is 30.0. The van der Waals surface area contributed by atoms with Gasteiger partial charge < -0.3 is 39.7 Å². The largest absolute Gasteiger partial charge is 0.469 e. The standard InChI is InChI=1S/C34H37N5O7/c1-5-33(43,6-2)31(42)36-23-14-18-11-12-24-21(13-18)34(20-9-7-8-10-22(20)37-32(34)45-24)27-26(29-35-19(15-40)16-44-29)39-30(46-27)25(17(3)4)38-28(23)41/h7-13,16-17,23,25,32,37,40,43H,5-6,14-15H2,1-4H3,(H,36,42)(H,38,41)/t23?,25-,32?,34?/m0/s1. The SMILES string of the molecule is CCC(O)(CC)C(=O)NC1Cc2ccc3c(c2)C2(c4ccccc4NC2O3)c2oc(nc2-c2nc(CO)co2)[C@H](C(C)C)NC1=O. The van der Waals surface area contributed by atoms with Crippen molar-refractivity contribution < 1.29 is 33.4 Å². The van der Waals surface area contributed by atoms with E-state index in [1.54, 1.807) is 13.8 Å². The number of carbonyl (C=O) groups excluding carboxylic acids is 2. The highest BCUT2D eigenvalue weighted by molar-refractivity contribution is 5.91. The van der Waals surface area contributed by atoms with E-state index < -0.39 is 41.1 Å². The molecule has 7 rings (SSSR count). The van der Waals surface area contributed by atoms with Crippen molar-refractivity contribution >= 4 is 17.5 Å². The van der Waals surface area contributed by atoms with Crippen LogP contribution in [0, 0.1) is 5.92 Å². The summed E-state index contributed by atoms with van der Waals surface area (Å²) in [4.78, 5) is 36.8. The van der Waals surface area contributed by atoms with Crippen molar-refractivity contribution in [1.29, 1.82) is 0 Å². The Morgan fingerprint density at radius 3 is 2.63 bits per heavy atom. The van der Waals surface area contributed by atoms with Crippen LogP contribution in [0.25, 0.3) is 11.6 Å². The number of fused-ring (bicyclic) bond motifs is 4. The zero-order valence-corrected chi connectivity index (χ0v) is 26.1. The van der Waals surface area contributed by atoms with Crippen molar-refractivity contribution in [3.05, 3.63) is 82.8 Å². The lowest BCUT2D eigenvalue weighted by Gasteiger charge is -2.30. The number of hydrogen-bond donors (Lipinski definition) is 5. The minimum atomic E-state index is -1.61. The molecule has 3 unspecified atom stereocenters. The van der Waals surface area contributed by atoms with E-state index in [9.17, 15) is 19.8 Å². The van der Waals surface area contributed by atoms with Gasteiger partial charge in [0.1, 0.15) is 40.8 Å². The third-order valence-corrected chi connectivity index (χ3v) is 9.55. The number of aromatic nitrogens is 2. The number of ether oxygens (including phenoxy) is 1. The molecule has 2 aromatic heterocycles. The summed E-state index contributed by atoms with van der Waals surface area (Å²) < 4.78 is 19.2. The average Bonchev–Trinajstić information content (AvgIpc) is 3.83. The van der Waals surface area contributed by atoms with Crippen LogP contribution in [0.2, 0.25) is 0 Å². The van der Waals surface area contributed by atoms with Gasteiger partial charge in [0, 0.05) is 17.7 Å². The number of carbonyl (C=O) groups is 2. The number of anilines is 1. The second-order valence-electron chi connectivity index (χ2n) is 12.6. The van der Waals surface area contributed by atoms with E-state index >= 15 is 0 Å². The Morgan fingerprint density at radius 1 is 1.13 bits per heavy atom. The van der Waals surface area contributed by atoms with Gasteiger partial charge in [0.25, 0.3) is 5.91 Å². The van der Waals surface area contributed by atoms with Crippen LogP contribution >= 0.6 is 0 Å². The van der Waals surface area contributed by atoms with E-state index in [4.69, 9.17) is 18.6 Å². The van der Waals surface area contributed by atoms with E-state index in [1.165, 1.54) is 6.26 Å². The average molecular weight is 628 g/mol. The number of para-hydroxylation sites is 1. The second kappa shape index (κ2) is 11.0. The Labute approximate surface area is 265 Å². The predicted molar refractivity (Wildman–Crippen MR) is 166 cm³/mol. The lowest BCUT2D eigenvalue weighted by molar-refractivity contribution is -0.143. The van der Waals surface area contributed by atoms with Crippen molar-refractivity contribution in [2.45, 2.75) is 82.9 Å². The van der Waals surface area contributed by atoms with Crippen LogP contribution in [0.5, 0.6) is 5.75 Å². The first-order chi connectivity index (χ1) is 22.1. The molecule has 2 aromatic carbocycles. The molecule has 0 saturated carbocycles. The van der Waals surface area contributed by atoms with Gasteiger partial charge in [-0.25, -0.2) is 9.97 Å². The van der Waals surface area contributed by atoms with Crippen LogP contribution < -0.4 is 20.7 Å². The summed E-state index contributed by atoms with van der Waals surface area (Å²) in [7, 11) is 0. The highest BCUT2D eigenvalue weighted by atomic mass is 16.5. The molecule has 4 bridgehead atoms. The van der Waals surface area contributed by atoms with Crippen molar-refractivity contribution in [3.8, 4) is 17.3 Å². The molecule has 0 saturated heterocycles. The molecular weight excluding hydrogens is 590 g/mol. The Bertz CT molecular complexity index is 1830. The van der Waals surface area contributed by atoms with E-state index in [2.05, 4.69) is 20.9 Å². The normalized spacial score (nSPS) is 23.0. The molecule has 5 heterocycles. The van der Waals surface area contributed by atoms with Gasteiger partial charge in [-0.3, -0.25) is 9.59 Å². The third kappa shape index (κ3) is 4.42. The van der Waals surface area contributed by atoms with Crippen LogP contribution in [0.3, 0.4) is 0 Å². The summed E-state index contributed by atoms with van der Waals surface area (Å²) in [6, 6.07) is 11.9. The zero-order valence-electron chi connectivity index (χ0n) is 26.1. The van der Waals surface area contributed by atoms with Gasteiger partial charge in [0.15, 0.2) is 17.7 Å². The van der Waals surface area contributed by atoms with Gasteiger partial charge >= 0.3 is 0 Å². The molecule has 240 valence electrons. The summed E-state index contributed by atoms with van der Waals surface area (Å²) in [5, 5.41) is 30.2. The van der Waals surface area contributed by atoms with Crippen LogP contribution in [0.4, 0.5) is 5.69 Å². The van der Waals surface area contributed by atoms with Crippen molar-refractivity contribution in [2.24, 2.45) is 5.92 Å². The van der Waals surface area contributed by atoms with Gasteiger partial charge in [0.05, 0.1) is 6.61 Å². The molecule has 2 amide bonds. The smallest absolute Gasteiger partial charge is 0.252 e. The number of benzene rings is 2. The Kier molecular flexibility index (Phi) is 7.17. The molecule has 4 aromatic rings. The molecule has 1 spiro atoms. The monoisotopic (exact) mass is 627 g/mol. The lowest BCUT2D eigenvalue weighted by Crippen LogP contribution is -2.55. The summed E-state index contributed by atoms with van der Waals surface area (Å²) >= 11 is 0. The molecule has 46 heavy (non-hydrogen) atoms. The Morgan fingerprint density at radius 2 is 1.91 bits per heavy atom. The predicted octanol–water partition coefficient (Wildman–Crippen LogP) is 3.71. The summed E-state index contributed by atoms with van der Waals surface area (Å²) in [5.41, 5.74) is 1.32. The molecular formula is C34H37N5O7. The Balaban J connectivity index is 1.47. The fourth-order valence-electron chi connectivity index (χ4n) is 6.80. The maximum absolute atomic E-state index is 14.0. The number of rotatable bonds is 7. The number of oxazole rings is 2. The van der Waals surface area contributed by atoms with Crippen LogP contribution in [-0.2, 0) is 28.0 Å². The minimum absolute atomic E-state index is 0.156. The third-order valence-electron chi connectivity index (χ3n) is 9.55. The molecule has 0 fully saturated rings. The first-order valence-electron chi connectivity index (χ1n) is 15.7. The quantitative estimate of drug-likeness (QED) is 0.203. The molecule has 0 radical (unpaired) electrons. The highest BCUT2D eigenvalue weighted by Crippen LogP contribution is 2.59. The number of amides is 2. The van der Waals surface area contributed by atoms with E-state index in [0.717, 1.165) is 22.4 Å². The molecule has 0 aliphatic carbocycles. The molecule has 4 atom stereocenters. The fraction of sp³-hybridized carbons (Fsp3) is 0.412. The molecule has 5 N–H and O–H groups in total. The van der Waals surface area contributed by atoms with Gasteiger partial charge in [0.2, 0.25) is 17.7 Å². The summed E-state index contributed by atoms with van der Waals surface area (Å²) in [6.07, 6.45) is 1.32. The first-order valence-corrected chi connectivity index (χ1v) is 15.7. The second-order valence-corrected chi connectivity index (χ2v) is 12.6. The van der Waals surface area contributed by atoms with Crippen molar-refractivity contribution in [1.82, 2.24) is 20.6 Å². The topological polar surface area (TPSA) is 172 Å². The number of nitrogens with one attached hydrogen (secondary N) is 3. The maximum Gasteiger partial charge on any atom is 0.252 e. The Hall–Kier alpha value is -4.68. The maximum atomic E-state index is 14.0. The van der Waals surface area contributed by atoms with Crippen molar-refractivity contribution in [2.75, 3.05) is 5.32 Å². The van der Waals surface area contributed by atoms with Crippen LogP contribution in [0.1, 0.15) is 80.6 Å². The minimum Gasteiger partial charge on any atom is -0.469 e. The molecule has 3 aliphatic rings. The fourth-order valence-corrected chi connectivity index (χ4v) is 6.80. The number of hydrogen-bond acceptors (Lipinski definition) is 10. The van der Waals surface area contributed by atoms with Gasteiger partial charge in [-0.1, -0.05) is 58.0 Å². The van der Waals surface area contributed by atoms with Crippen molar-refractivity contribution in [3.63, 3.8) is 0 Å². The van der Waals surface area contributed by atoms with E-state index in [0.29, 0.717) is 22.9 Å². The van der Waals surface area contributed by atoms with Gasteiger partial charge in [-0.15, -0.1) is 0 Å². The van der Waals surface area contributed by atoms with E-state index in [-0.39, 0.29) is 43.6 Å². The molecule has 3 aliphatic heterocycles. The van der Waals surface area contributed by atoms with Gasteiger partial charge in [-0.05, 0) is 42.0 Å². The summed E-state index contributed by atoms with van der Waals surface area (Å²) in [6.45, 7) is 7.02. The van der Waals surface area contributed by atoms with Crippen LogP contribution in [-0.4, -0.2) is 49.9 Å². The highest BCUT2D eigenvalue weighted by Gasteiger charge is 2.61. The van der Waals surface area contributed by atoms with Crippen LogP contribution in [0.15, 0.2) is 57.6 Å². The van der Waals surface area contributed by atoms with Gasteiger partial charge in [-0.2, -0.15) is 0 Å². The molecule has 12 heteroatoms. The summed E-state index contributed by atoms with van der Waals surface area (Å²) in [5.74, 6) is 0.195. The number of nitrogens with zero attached hydrogens (tertiary/aromatic N) is 2. The molecule has 12 nitrogen and oxygen atoms in total. The zero-order chi connectivity index (χ0) is 32.4. The number of aliphatic hydroxyl groups excluding tert-OH is 1. The van der Waals surface area contributed by atoms with E-state index in [1.807, 2.05) is 56.3 Å². The number of aliphatic hydroxyl groups is 2. The lowest BCUT2D eigenvalue weighted by atomic mass is 9.72.